The van der Waals surface area contributed by atoms with Gasteiger partial charge in [0.15, 0.2) is 11.4 Å². The topological polar surface area (TPSA) is 247 Å². The van der Waals surface area contributed by atoms with E-state index < -0.39 is 94.2 Å². The molecule has 3 aliphatic rings. The number of carbonyl (C=O) groups excluding carboxylic acids is 4. The lowest BCUT2D eigenvalue weighted by atomic mass is 9.51. The number of phenols is 1. The monoisotopic (exact) mass is 884 g/mol. The van der Waals surface area contributed by atoms with Crippen molar-refractivity contribution in [1.29, 1.82) is 5.53 Å². The number of primary amides is 1. The average molecular weight is 885 g/mol. The number of rotatable bonds is 16. The Morgan fingerprint density at radius 2 is 1.39 bits per heavy atom. The molecule has 0 aliphatic heterocycles. The largest absolute Gasteiger partial charge is 0.508 e. The number of benzene rings is 4. The highest BCUT2D eigenvalue weighted by atomic mass is 31.2. The summed E-state index contributed by atoms with van der Waals surface area (Å²) in [6.45, 7) is 8.67. The van der Waals surface area contributed by atoms with E-state index in [0.29, 0.717) is 6.42 Å². The molecule has 0 unspecified atom stereocenters. The van der Waals surface area contributed by atoms with Crippen LogP contribution in [0.3, 0.4) is 0 Å². The van der Waals surface area contributed by atoms with Crippen LogP contribution in [0.4, 0.5) is 5.69 Å². The zero-order chi connectivity index (χ0) is 46.1. The fourth-order valence-electron chi connectivity index (χ4n) is 10.1. The third-order valence-electron chi connectivity index (χ3n) is 13.2. The molecule has 0 radical (unpaired) electrons. The molecule has 64 heavy (non-hydrogen) atoms. The van der Waals surface area contributed by atoms with Crippen molar-refractivity contribution in [1.82, 2.24) is 4.90 Å². The normalized spacial score (nSPS) is 23.9. The molecule has 15 heteroatoms. The minimum Gasteiger partial charge on any atom is -0.508 e. The Hall–Kier alpha value is -6.73. The Balaban J connectivity index is 1.12. The molecule has 0 bridgehead atoms. The van der Waals surface area contributed by atoms with Crippen LogP contribution in [0.15, 0.2) is 151 Å². The van der Waals surface area contributed by atoms with Crippen LogP contribution in [0, 0.1) is 11.4 Å². The maximum atomic E-state index is 14.7. The van der Waals surface area contributed by atoms with E-state index in [9.17, 15) is 44.7 Å². The second-order valence-corrected chi connectivity index (χ2v) is 20.0. The molecule has 0 aromatic heterocycles. The number of carbonyl (C=O) groups is 4. The Bertz CT molecular complexity index is 2500. The van der Waals surface area contributed by atoms with E-state index in [4.69, 9.17) is 11.3 Å². The minimum atomic E-state index is -3.28. The summed E-state index contributed by atoms with van der Waals surface area (Å²) < 4.78 is 0. The fraction of sp³-hybridized carbons (Fsp3) is 0.265. The summed E-state index contributed by atoms with van der Waals surface area (Å²) >= 11 is 0. The molecule has 3 aliphatic carbocycles. The molecular formula is C49H51N5O9P+. The van der Waals surface area contributed by atoms with Gasteiger partial charge in [0.25, 0.3) is 5.91 Å². The van der Waals surface area contributed by atoms with Crippen LogP contribution in [0.5, 0.6) is 5.75 Å². The van der Waals surface area contributed by atoms with Crippen LogP contribution in [0.2, 0.25) is 0 Å². The number of anilines is 1. The number of nitrogens with two attached hydrogens (primary N) is 1. The number of unbranched alkanes of at least 4 members (excludes halogenated alkanes) is 3. The number of hydrogen-bond donors (Lipinski definition) is 8. The lowest BCUT2D eigenvalue weighted by Gasteiger charge is -2.57. The molecule has 0 heterocycles. The maximum absolute atomic E-state index is 14.7. The zero-order valence-electron chi connectivity index (χ0n) is 35.2. The van der Waals surface area contributed by atoms with E-state index in [0.717, 1.165) is 42.7 Å². The highest BCUT2D eigenvalue weighted by molar-refractivity contribution is 7.95. The number of aliphatic hydroxyl groups excluding tert-OH is 3. The van der Waals surface area contributed by atoms with Gasteiger partial charge in [-0.25, -0.2) is 5.53 Å². The summed E-state index contributed by atoms with van der Waals surface area (Å²) in [4.78, 5) is 55.3. The Morgan fingerprint density at radius 3 is 1.89 bits per heavy atom. The van der Waals surface area contributed by atoms with Gasteiger partial charge in [-0.1, -0.05) is 87.2 Å². The van der Waals surface area contributed by atoms with Gasteiger partial charge in [-0.15, -0.1) is 0 Å². The number of hydrogen-bond acceptors (Lipinski definition) is 12. The van der Waals surface area contributed by atoms with E-state index in [1.165, 1.54) is 35.0 Å². The third kappa shape index (κ3) is 6.93. The van der Waals surface area contributed by atoms with Crippen LogP contribution in [-0.2, 0) is 19.2 Å². The molecule has 330 valence electrons. The van der Waals surface area contributed by atoms with Crippen molar-refractivity contribution in [2.45, 2.75) is 68.2 Å². The first-order valence-corrected chi connectivity index (χ1v) is 22.9. The molecule has 1 fully saturated rings. The summed E-state index contributed by atoms with van der Waals surface area (Å²) in [6, 6.07) is 32.8. The molecular weight excluding hydrogens is 834 g/mol. The predicted molar refractivity (Wildman–Crippen MR) is 245 cm³/mol. The Morgan fingerprint density at radius 1 is 0.859 bits per heavy atom. The van der Waals surface area contributed by atoms with Crippen LogP contribution >= 0.6 is 7.26 Å². The van der Waals surface area contributed by atoms with Crippen molar-refractivity contribution in [3.8, 4) is 5.75 Å². The summed E-state index contributed by atoms with van der Waals surface area (Å²) in [7, 11) is -2.00. The van der Waals surface area contributed by atoms with Crippen molar-refractivity contribution in [2.75, 3.05) is 11.5 Å². The van der Waals surface area contributed by atoms with Crippen LogP contribution in [-0.4, -0.2) is 83.3 Å². The maximum Gasteiger partial charge on any atom is 0.255 e. The minimum absolute atomic E-state index is 0.103. The first kappa shape index (κ1) is 45.3. The second kappa shape index (κ2) is 17.8. The fourth-order valence-corrected chi connectivity index (χ4v) is 14.5. The van der Waals surface area contributed by atoms with Gasteiger partial charge in [0.1, 0.15) is 57.6 Å². The van der Waals surface area contributed by atoms with Gasteiger partial charge < -0.3 is 41.5 Å². The molecule has 4 aromatic rings. The number of Topliss-reactive ketones (excluding diaryl/α,β-unsaturated/α-hetero) is 2. The number of amides is 2. The van der Waals surface area contributed by atoms with Gasteiger partial charge >= 0.3 is 0 Å². The quantitative estimate of drug-likeness (QED) is 0.0229. The predicted octanol–water partition coefficient (Wildman–Crippen LogP) is 5.56. The third-order valence-corrected chi connectivity index (χ3v) is 17.7. The Kier molecular flexibility index (Phi) is 12.6. The van der Waals surface area contributed by atoms with Crippen molar-refractivity contribution in [3.63, 3.8) is 0 Å². The smallest absolute Gasteiger partial charge is 0.255 e. The summed E-state index contributed by atoms with van der Waals surface area (Å²) in [5.74, 6) is -11.0. The highest BCUT2D eigenvalue weighted by Gasteiger charge is 2.74. The number of aliphatic hydroxyl groups is 4. The number of nitrogens with one attached hydrogen (secondary N) is 2. The van der Waals surface area contributed by atoms with Crippen molar-refractivity contribution in [3.05, 3.63) is 157 Å². The number of phenolic OH excluding ortho intramolecular Hbond substituents is 1. The van der Waals surface area contributed by atoms with E-state index in [2.05, 4.69) is 96.4 Å². The lowest BCUT2D eigenvalue weighted by molar-refractivity contribution is -0.170. The first-order chi connectivity index (χ1) is 30.7. The van der Waals surface area contributed by atoms with Crippen molar-refractivity contribution < 1.29 is 44.7 Å². The summed E-state index contributed by atoms with van der Waals surface area (Å²) in [5, 5.41) is 69.5. The average Bonchev–Trinajstić information content (AvgIpc) is 3.30. The van der Waals surface area contributed by atoms with Gasteiger partial charge in [0.05, 0.1) is 35.0 Å². The van der Waals surface area contributed by atoms with Crippen molar-refractivity contribution in [2.24, 2.45) is 16.8 Å². The summed E-state index contributed by atoms with van der Waals surface area (Å²) in [5.41, 5.74) is 5.75. The van der Waals surface area contributed by atoms with E-state index >= 15 is 0 Å². The molecule has 7 rings (SSSR count). The zero-order valence-corrected chi connectivity index (χ0v) is 36.1. The Labute approximate surface area is 371 Å². The lowest BCUT2D eigenvalue weighted by Crippen LogP contribution is -2.74. The molecule has 1 saturated carbocycles. The molecule has 4 aromatic carbocycles. The van der Waals surface area contributed by atoms with Gasteiger partial charge in [-0.3, -0.25) is 19.2 Å². The molecule has 0 spiro atoms. The second-order valence-electron chi connectivity index (χ2n) is 16.3. The molecule has 0 saturated heterocycles. The van der Waals surface area contributed by atoms with E-state index in [1.807, 2.05) is 18.2 Å². The standard InChI is InChI=1S/C49H50N5O9P/c1-4-54(5-2)40-38-45(60)48(53-51)29(3)33-26-27-34(41(56)36(33)42(57)39(48)46(61)49(38,63)44(59)37(43(40)58)47(50)62)52-35(55)25-17-6-7-18-28-64(30-19-11-8-12-20-30,31-21-13-9-14-22-31)32-23-15-10-16-24-32/h4-5,8-16,19-24,26-27,29,38,40,45,60,63H,1-2,6-7,17-18,25,28H2,3H3,(H6-,50,51,52,53,55,56,57,58,59,61,62)/p+1/t29-,38+,40-,45+,48-,49+/m0/s1. The van der Waals surface area contributed by atoms with Crippen LogP contribution < -0.4 is 27.0 Å². The number of ketones is 2. The molecule has 6 atom stereocenters. The molecule has 14 nitrogen and oxygen atoms in total. The van der Waals surface area contributed by atoms with Gasteiger partial charge in [-0.05, 0) is 79.7 Å². The first-order valence-electron chi connectivity index (χ1n) is 21.0. The van der Waals surface area contributed by atoms with E-state index in [1.54, 1.807) is 0 Å². The molecule has 2 amide bonds. The summed E-state index contributed by atoms with van der Waals surface area (Å²) in [6.07, 6.45) is 4.08. The van der Waals surface area contributed by atoms with Gasteiger partial charge in [0.2, 0.25) is 11.7 Å². The number of fused-ring (bicyclic) bond motifs is 3. The van der Waals surface area contributed by atoms with Crippen molar-refractivity contribution >= 4 is 58.0 Å². The van der Waals surface area contributed by atoms with Gasteiger partial charge in [-0.2, -0.15) is 5.11 Å². The highest BCUT2D eigenvalue weighted by Crippen LogP contribution is 2.60. The van der Waals surface area contributed by atoms with Gasteiger partial charge in [0, 0.05) is 12.3 Å². The SMILES string of the molecule is C=CN(C=C)[C@@H]1C(=O)C(C(N)=O)=C(O)[C@@]2(O)C(=O)C3=C(O)c4c(ccc(NC(=O)CCCCCC[P+](c5ccccc5)(c5ccccc5)c5ccccc5)c4O)[C@H](C)[C@@]3(N=N)[C@H](O)[C@@H]12. The van der Waals surface area contributed by atoms with E-state index in [-0.39, 0.29) is 23.2 Å². The molecule has 9 N–H and O–H groups in total. The number of aromatic hydroxyl groups is 1. The number of nitrogens with zero attached hydrogens (tertiary/aromatic N) is 2. The van der Waals surface area contributed by atoms with Crippen LogP contribution in [0.1, 0.15) is 56.1 Å². The van der Waals surface area contributed by atoms with Crippen LogP contribution in [0.25, 0.3) is 5.76 Å².